The van der Waals surface area contributed by atoms with Gasteiger partial charge in [0, 0.05) is 12.0 Å². The Labute approximate surface area is 102 Å². The highest BCUT2D eigenvalue weighted by Gasteiger charge is 2.43. The minimum absolute atomic E-state index is 0.282. The Morgan fingerprint density at radius 3 is 2.76 bits per heavy atom. The van der Waals surface area contributed by atoms with E-state index in [0.717, 1.165) is 12.0 Å². The Morgan fingerprint density at radius 1 is 1.18 bits per heavy atom. The first kappa shape index (κ1) is 11.0. The quantitative estimate of drug-likeness (QED) is 0.587. The molecule has 1 aliphatic carbocycles. The van der Waals surface area contributed by atoms with Gasteiger partial charge in [-0.2, -0.15) is 0 Å². The molecule has 0 amide bonds. The molecule has 17 heavy (non-hydrogen) atoms. The maximum Gasteiger partial charge on any atom is 0.162 e. The van der Waals surface area contributed by atoms with E-state index in [0.29, 0.717) is 24.5 Å². The van der Waals surface area contributed by atoms with Crippen LogP contribution in [0.3, 0.4) is 0 Å². The summed E-state index contributed by atoms with van der Waals surface area (Å²) in [6, 6.07) is 9.61. The van der Waals surface area contributed by atoms with Gasteiger partial charge >= 0.3 is 0 Å². The Morgan fingerprint density at radius 2 is 2.00 bits per heavy atom. The molecule has 0 aromatic heterocycles. The fourth-order valence-electron chi connectivity index (χ4n) is 2.85. The fourth-order valence-corrected chi connectivity index (χ4v) is 2.85. The van der Waals surface area contributed by atoms with E-state index in [2.05, 4.69) is 0 Å². The first-order chi connectivity index (χ1) is 8.33. The van der Waals surface area contributed by atoms with E-state index in [4.69, 9.17) is 4.74 Å². The number of carbonyl (C=O) groups is 1. The van der Waals surface area contributed by atoms with Crippen LogP contribution >= 0.6 is 0 Å². The maximum absolute atomic E-state index is 11.9. The largest absolute Gasteiger partial charge is 0.370 e. The van der Waals surface area contributed by atoms with Crippen LogP contribution in [0.25, 0.3) is 0 Å². The summed E-state index contributed by atoms with van der Waals surface area (Å²) >= 11 is 0. The average molecular weight is 230 g/mol. The second kappa shape index (κ2) is 4.61. The third kappa shape index (κ3) is 2.58. The van der Waals surface area contributed by atoms with Crippen molar-refractivity contribution in [3.8, 4) is 0 Å². The highest BCUT2D eigenvalue weighted by molar-refractivity contribution is 5.95. The standard InChI is InChI=1S/C15H18O2/c16-13(12-4-2-1-3-5-12)8-6-11-7-9-14-15(10-11)17-14/h1-5,11,14-15H,6-10H2/t11-,14-,15+/m0/s1. The van der Waals surface area contributed by atoms with Gasteiger partial charge in [-0.25, -0.2) is 0 Å². The Balaban J connectivity index is 1.49. The number of hydrogen-bond acceptors (Lipinski definition) is 2. The lowest BCUT2D eigenvalue weighted by Gasteiger charge is -2.18. The summed E-state index contributed by atoms with van der Waals surface area (Å²) in [4.78, 5) is 11.9. The average Bonchev–Trinajstić information content (AvgIpc) is 3.15. The van der Waals surface area contributed by atoms with Gasteiger partial charge in [-0.1, -0.05) is 30.3 Å². The van der Waals surface area contributed by atoms with Gasteiger partial charge < -0.3 is 4.74 Å². The number of ketones is 1. The molecule has 1 saturated carbocycles. The third-order valence-corrected chi connectivity index (χ3v) is 3.99. The Kier molecular flexibility index (Phi) is 2.98. The number of epoxide rings is 1. The zero-order valence-corrected chi connectivity index (χ0v) is 9.97. The minimum Gasteiger partial charge on any atom is -0.370 e. The molecule has 0 radical (unpaired) electrons. The molecule has 2 nitrogen and oxygen atoms in total. The molecule has 2 fully saturated rings. The van der Waals surface area contributed by atoms with E-state index in [1.165, 1.54) is 19.3 Å². The van der Waals surface area contributed by atoms with Crippen LogP contribution in [-0.2, 0) is 4.74 Å². The number of Topliss-reactive ketones (excluding diaryl/α,β-unsaturated/α-hetero) is 1. The van der Waals surface area contributed by atoms with E-state index >= 15 is 0 Å². The first-order valence-electron chi connectivity index (χ1n) is 6.56. The van der Waals surface area contributed by atoms with E-state index in [1.54, 1.807) is 0 Å². The summed E-state index contributed by atoms with van der Waals surface area (Å²) in [6.07, 6.45) is 6.42. The van der Waals surface area contributed by atoms with Crippen LogP contribution in [0.5, 0.6) is 0 Å². The topological polar surface area (TPSA) is 29.6 Å². The molecule has 3 rings (SSSR count). The summed E-state index contributed by atoms with van der Waals surface area (Å²) in [5, 5.41) is 0. The third-order valence-electron chi connectivity index (χ3n) is 3.99. The predicted octanol–water partition coefficient (Wildman–Crippen LogP) is 3.22. The molecule has 2 aliphatic rings. The fraction of sp³-hybridized carbons (Fsp3) is 0.533. The van der Waals surface area contributed by atoms with Crippen LogP contribution in [0.2, 0.25) is 0 Å². The summed E-state index contributed by atoms with van der Waals surface area (Å²) in [7, 11) is 0. The molecule has 0 bridgehead atoms. The smallest absolute Gasteiger partial charge is 0.162 e. The summed E-state index contributed by atoms with van der Waals surface area (Å²) in [5.74, 6) is 0.982. The molecule has 1 saturated heterocycles. The van der Waals surface area contributed by atoms with Crippen LogP contribution in [0.1, 0.15) is 42.5 Å². The molecule has 3 atom stereocenters. The van der Waals surface area contributed by atoms with Crippen molar-refractivity contribution in [1.29, 1.82) is 0 Å². The van der Waals surface area contributed by atoms with Gasteiger partial charge in [0.2, 0.25) is 0 Å². The number of carbonyl (C=O) groups excluding carboxylic acids is 1. The lowest BCUT2D eigenvalue weighted by atomic mass is 9.85. The van der Waals surface area contributed by atoms with Crippen molar-refractivity contribution in [2.24, 2.45) is 5.92 Å². The van der Waals surface area contributed by atoms with Crippen molar-refractivity contribution in [1.82, 2.24) is 0 Å². The molecule has 0 spiro atoms. The summed E-state index contributed by atoms with van der Waals surface area (Å²) < 4.78 is 5.51. The van der Waals surface area contributed by atoms with Crippen LogP contribution in [-0.4, -0.2) is 18.0 Å². The Hall–Kier alpha value is -1.15. The number of hydrogen-bond donors (Lipinski definition) is 0. The minimum atomic E-state index is 0.282. The van der Waals surface area contributed by atoms with Crippen LogP contribution in [0, 0.1) is 5.92 Å². The van der Waals surface area contributed by atoms with Crippen molar-refractivity contribution >= 4 is 5.78 Å². The highest BCUT2D eigenvalue weighted by Crippen LogP contribution is 2.40. The SMILES string of the molecule is O=C(CC[C@H]1CC[C@@H]2O[C@@H]2C1)c1ccccc1. The zero-order valence-electron chi connectivity index (χ0n) is 9.97. The second-order valence-electron chi connectivity index (χ2n) is 5.22. The van der Waals surface area contributed by atoms with Crippen LogP contribution in [0.15, 0.2) is 30.3 Å². The van der Waals surface area contributed by atoms with Crippen LogP contribution in [0.4, 0.5) is 0 Å². The lowest BCUT2D eigenvalue weighted by Crippen LogP contribution is -2.14. The summed E-state index contributed by atoms with van der Waals surface area (Å²) in [5.41, 5.74) is 0.851. The monoisotopic (exact) mass is 230 g/mol. The molecular weight excluding hydrogens is 212 g/mol. The van der Waals surface area contributed by atoms with Gasteiger partial charge in [0.1, 0.15) is 0 Å². The van der Waals surface area contributed by atoms with Crippen molar-refractivity contribution < 1.29 is 9.53 Å². The molecule has 2 heteroatoms. The molecule has 90 valence electrons. The molecular formula is C15H18O2. The van der Waals surface area contributed by atoms with Gasteiger partial charge in [0.25, 0.3) is 0 Å². The Bertz CT molecular complexity index is 399. The van der Waals surface area contributed by atoms with Gasteiger partial charge in [-0.15, -0.1) is 0 Å². The van der Waals surface area contributed by atoms with E-state index in [9.17, 15) is 4.79 Å². The predicted molar refractivity (Wildman–Crippen MR) is 66.0 cm³/mol. The van der Waals surface area contributed by atoms with E-state index in [-0.39, 0.29) is 5.78 Å². The molecule has 0 N–H and O–H groups in total. The molecule has 1 aromatic carbocycles. The zero-order chi connectivity index (χ0) is 11.7. The number of fused-ring (bicyclic) bond motifs is 1. The van der Waals surface area contributed by atoms with Gasteiger partial charge in [0.15, 0.2) is 5.78 Å². The number of ether oxygens (including phenoxy) is 1. The van der Waals surface area contributed by atoms with Crippen molar-refractivity contribution in [3.63, 3.8) is 0 Å². The molecule has 1 heterocycles. The number of rotatable bonds is 4. The van der Waals surface area contributed by atoms with E-state index in [1.807, 2.05) is 30.3 Å². The van der Waals surface area contributed by atoms with Gasteiger partial charge in [-0.05, 0) is 31.6 Å². The van der Waals surface area contributed by atoms with Crippen molar-refractivity contribution in [2.45, 2.75) is 44.3 Å². The normalized spacial score (nSPS) is 30.7. The maximum atomic E-state index is 11.9. The second-order valence-corrected chi connectivity index (χ2v) is 5.22. The molecule has 0 unspecified atom stereocenters. The summed E-state index contributed by atoms with van der Waals surface area (Å²) in [6.45, 7) is 0. The first-order valence-corrected chi connectivity index (χ1v) is 6.56. The highest BCUT2D eigenvalue weighted by atomic mass is 16.6. The van der Waals surface area contributed by atoms with Gasteiger partial charge in [-0.3, -0.25) is 4.79 Å². The lowest BCUT2D eigenvalue weighted by molar-refractivity contribution is 0.0971. The molecule has 1 aromatic rings. The van der Waals surface area contributed by atoms with E-state index < -0.39 is 0 Å². The number of benzene rings is 1. The van der Waals surface area contributed by atoms with Gasteiger partial charge in [0.05, 0.1) is 12.2 Å². The van der Waals surface area contributed by atoms with Crippen LogP contribution < -0.4 is 0 Å². The molecule has 1 aliphatic heterocycles. The van der Waals surface area contributed by atoms with Crippen molar-refractivity contribution in [2.75, 3.05) is 0 Å². The van der Waals surface area contributed by atoms with Crippen molar-refractivity contribution in [3.05, 3.63) is 35.9 Å².